The second kappa shape index (κ2) is 11.0. The molecule has 2 aromatic rings. The summed E-state index contributed by atoms with van der Waals surface area (Å²) in [5.74, 6) is -2.00. The summed E-state index contributed by atoms with van der Waals surface area (Å²) in [7, 11) is 0. The van der Waals surface area contributed by atoms with Gasteiger partial charge in [-0.3, -0.25) is 0 Å². The second-order valence-electron chi connectivity index (χ2n) is 5.17. The van der Waals surface area contributed by atoms with Crippen molar-refractivity contribution in [3.05, 3.63) is 82.7 Å². The summed E-state index contributed by atoms with van der Waals surface area (Å²) in [6.07, 6.45) is 0. The Morgan fingerprint density at radius 1 is 1.04 bits per heavy atom. The maximum Gasteiger partial charge on any atom is 1.00 e. The molecule has 2 atom stereocenters. The maximum atomic E-state index is 11.6. The molecule has 2 aromatic carbocycles. The van der Waals surface area contributed by atoms with Crippen LogP contribution in [0.25, 0.3) is 4.85 Å². The molecule has 2 rings (SSSR count). The van der Waals surface area contributed by atoms with Crippen molar-refractivity contribution in [2.75, 3.05) is 13.2 Å². The molecule has 5 nitrogen and oxygen atoms in total. The number of carboxylic acids is 1. The van der Waals surface area contributed by atoms with Crippen LogP contribution in [0.15, 0.2) is 54.6 Å². The largest absolute Gasteiger partial charge is 1.00 e. The molecule has 25 heavy (non-hydrogen) atoms. The number of carbonyl (C=O) groups excluding carboxylic acids is 1. The molecule has 6 heteroatoms. The summed E-state index contributed by atoms with van der Waals surface area (Å²) in [5.41, 5.74) is 2.02. The average molecular weight is 347 g/mol. The quantitative estimate of drug-likeness (QED) is 0.212. The summed E-state index contributed by atoms with van der Waals surface area (Å²) in [6.45, 7) is 9.59. The summed E-state index contributed by atoms with van der Waals surface area (Å²) < 4.78 is 0. The molecular weight excluding hydrogens is 329 g/mol. The first-order valence-electron chi connectivity index (χ1n) is 7.64. The molecule has 0 N–H and O–H groups in total. The third-order valence-electron chi connectivity index (χ3n) is 3.61. The zero-order valence-corrected chi connectivity index (χ0v) is 16.3. The van der Waals surface area contributed by atoms with E-state index in [1.165, 1.54) is 0 Å². The first-order valence-corrected chi connectivity index (χ1v) is 7.64. The molecule has 0 saturated heterocycles. The Hall–Kier alpha value is -1.68. The molecule has 0 amide bonds. The average Bonchev–Trinajstić information content (AvgIpc) is 2.60. The van der Waals surface area contributed by atoms with Crippen molar-refractivity contribution in [1.82, 2.24) is 0 Å². The Bertz CT molecular complexity index is 698. The number of aliphatic carboxylic acids is 1. The number of rotatable bonds is 8. The fourth-order valence-electron chi connectivity index (χ4n) is 2.42. The third kappa shape index (κ3) is 5.96. The van der Waals surface area contributed by atoms with E-state index in [0.29, 0.717) is 17.7 Å². The van der Waals surface area contributed by atoms with Crippen LogP contribution in [-0.2, 0) is 14.6 Å². The molecule has 0 radical (unpaired) electrons. The topological polar surface area (TPSA) is 63.0 Å². The standard InChI is InChI=1S/C19H19NO4.Na/c1-3-23-24-13-17(20-2)14-9-11-16(12-10-14)18(19(21)22)15-7-5-4-6-8-15;/h4-12,17-18H,3,13H2,1H3,(H,21,22);/q;+1/p-1. The van der Waals surface area contributed by atoms with Crippen LogP contribution in [0, 0.1) is 6.57 Å². The van der Waals surface area contributed by atoms with E-state index in [-0.39, 0.29) is 36.2 Å². The monoisotopic (exact) mass is 347 g/mol. The summed E-state index contributed by atoms with van der Waals surface area (Å²) in [6, 6.07) is 15.3. The minimum atomic E-state index is -1.16. The molecule has 0 aliphatic heterocycles. The summed E-state index contributed by atoms with van der Waals surface area (Å²) in [5, 5.41) is 11.6. The Morgan fingerprint density at radius 3 is 2.12 bits per heavy atom. The fourth-order valence-corrected chi connectivity index (χ4v) is 2.42. The first-order chi connectivity index (χ1) is 11.7. The Labute approximate surface area is 169 Å². The van der Waals surface area contributed by atoms with Crippen LogP contribution < -0.4 is 34.7 Å². The number of hydrogen-bond donors (Lipinski definition) is 0. The molecule has 0 aromatic heterocycles. The van der Waals surface area contributed by atoms with Crippen LogP contribution in [0.4, 0.5) is 0 Å². The van der Waals surface area contributed by atoms with Gasteiger partial charge in [0.1, 0.15) is 0 Å². The van der Waals surface area contributed by atoms with Gasteiger partial charge in [0, 0.05) is 11.5 Å². The van der Waals surface area contributed by atoms with Gasteiger partial charge >= 0.3 is 29.6 Å². The van der Waals surface area contributed by atoms with E-state index in [4.69, 9.17) is 16.3 Å². The van der Waals surface area contributed by atoms with Crippen LogP contribution in [0.1, 0.15) is 35.6 Å². The van der Waals surface area contributed by atoms with Crippen molar-refractivity contribution in [3.63, 3.8) is 0 Å². The minimum Gasteiger partial charge on any atom is -0.549 e. The van der Waals surface area contributed by atoms with E-state index < -0.39 is 17.9 Å². The van der Waals surface area contributed by atoms with Gasteiger partial charge in [-0.1, -0.05) is 54.6 Å². The zero-order chi connectivity index (χ0) is 17.4. The van der Waals surface area contributed by atoms with Crippen molar-refractivity contribution >= 4 is 5.97 Å². The smallest absolute Gasteiger partial charge is 0.549 e. The SMILES string of the molecule is [C-]#[N+]C(COOCC)c1ccc(C(C(=O)[O-])c2ccccc2)cc1.[Na+]. The number of carboxylic acid groups (broad SMARTS) is 1. The third-order valence-corrected chi connectivity index (χ3v) is 3.61. The van der Waals surface area contributed by atoms with Gasteiger partial charge in [0.25, 0.3) is 6.04 Å². The van der Waals surface area contributed by atoms with Gasteiger partial charge in [0.15, 0.2) is 6.61 Å². The van der Waals surface area contributed by atoms with Crippen molar-refractivity contribution in [3.8, 4) is 0 Å². The number of hydrogen-bond acceptors (Lipinski definition) is 4. The molecule has 2 unspecified atom stereocenters. The second-order valence-corrected chi connectivity index (χ2v) is 5.17. The molecule has 0 spiro atoms. The van der Waals surface area contributed by atoms with Crippen molar-refractivity contribution in [2.45, 2.75) is 18.9 Å². The molecule has 0 aliphatic carbocycles. The summed E-state index contributed by atoms with van der Waals surface area (Å²) >= 11 is 0. The van der Waals surface area contributed by atoms with E-state index in [1.54, 1.807) is 55.5 Å². The van der Waals surface area contributed by atoms with Crippen LogP contribution in [0.5, 0.6) is 0 Å². The van der Waals surface area contributed by atoms with Crippen LogP contribution in [-0.4, -0.2) is 19.2 Å². The Balaban J connectivity index is 0.00000312. The van der Waals surface area contributed by atoms with Gasteiger partial charge in [-0.25, -0.2) is 16.3 Å². The molecule has 0 saturated carbocycles. The number of carbonyl (C=O) groups is 1. The minimum absolute atomic E-state index is 0. The fraction of sp³-hybridized carbons (Fsp3) is 0.263. The molecular formula is C19H18NNaO4. The summed E-state index contributed by atoms with van der Waals surface area (Å²) in [4.78, 5) is 24.8. The molecule has 124 valence electrons. The van der Waals surface area contributed by atoms with Gasteiger partial charge in [-0.2, -0.15) is 0 Å². The maximum absolute atomic E-state index is 11.6. The molecule has 0 bridgehead atoms. The van der Waals surface area contributed by atoms with Gasteiger partial charge in [-0.15, -0.1) is 0 Å². The van der Waals surface area contributed by atoms with Crippen molar-refractivity contribution in [1.29, 1.82) is 0 Å². The number of nitrogens with zero attached hydrogens (tertiary/aromatic N) is 1. The van der Waals surface area contributed by atoms with Gasteiger partial charge in [0.2, 0.25) is 0 Å². The van der Waals surface area contributed by atoms with E-state index in [1.807, 2.05) is 6.07 Å². The predicted molar refractivity (Wildman–Crippen MR) is 86.7 cm³/mol. The Morgan fingerprint density at radius 2 is 1.60 bits per heavy atom. The van der Waals surface area contributed by atoms with Crippen molar-refractivity contribution < 1.29 is 49.2 Å². The van der Waals surface area contributed by atoms with E-state index >= 15 is 0 Å². The molecule has 0 heterocycles. The zero-order valence-electron chi connectivity index (χ0n) is 14.3. The molecule has 0 fully saturated rings. The predicted octanol–water partition coefficient (Wildman–Crippen LogP) is -0.499. The van der Waals surface area contributed by atoms with E-state index in [0.717, 1.165) is 5.56 Å². The number of benzene rings is 2. The normalized spacial score (nSPS) is 12.5. The van der Waals surface area contributed by atoms with E-state index in [2.05, 4.69) is 4.85 Å². The van der Waals surface area contributed by atoms with Crippen molar-refractivity contribution in [2.24, 2.45) is 0 Å². The molecule has 0 aliphatic rings. The first kappa shape index (κ1) is 21.4. The van der Waals surface area contributed by atoms with Gasteiger partial charge in [0.05, 0.1) is 12.6 Å². The van der Waals surface area contributed by atoms with Crippen LogP contribution in [0.2, 0.25) is 0 Å². The Kier molecular flexibility index (Phi) is 9.43. The van der Waals surface area contributed by atoms with Crippen LogP contribution in [0.3, 0.4) is 0 Å². The van der Waals surface area contributed by atoms with Crippen LogP contribution >= 0.6 is 0 Å². The van der Waals surface area contributed by atoms with Gasteiger partial charge in [-0.05, 0) is 18.1 Å². The van der Waals surface area contributed by atoms with E-state index in [9.17, 15) is 9.90 Å². The van der Waals surface area contributed by atoms with Gasteiger partial charge < -0.3 is 14.7 Å².